The summed E-state index contributed by atoms with van der Waals surface area (Å²) < 4.78 is 47.8. The van der Waals surface area contributed by atoms with Gasteiger partial charge in [0.15, 0.2) is 0 Å². The fraction of sp³-hybridized carbons (Fsp3) is 0.263. The molecule has 0 amide bonds. The highest BCUT2D eigenvalue weighted by atomic mass is 32.2. The molecular weight excluding hydrogens is 417 g/mol. The van der Waals surface area contributed by atoms with E-state index in [-0.39, 0.29) is 28.2 Å². The van der Waals surface area contributed by atoms with Crippen molar-refractivity contribution < 1.29 is 22.3 Å². The topological polar surface area (TPSA) is 79.8 Å². The standard InChI is InChI=1S/C19H18FN3O4S2/c1-27-19(24)17-18(16-13(20)5-4-6-14(16)28-17)29(25,26)23-11-9-22(10-12-23)15-7-2-3-8-21-15/h2-8H,9-12H2,1H3. The van der Waals surface area contributed by atoms with Crippen LogP contribution in [0.15, 0.2) is 47.5 Å². The van der Waals surface area contributed by atoms with Crippen LogP contribution in [-0.4, -0.2) is 57.0 Å². The quantitative estimate of drug-likeness (QED) is 0.587. The maximum atomic E-state index is 14.6. The van der Waals surface area contributed by atoms with Crippen LogP contribution in [0.25, 0.3) is 10.1 Å². The molecule has 1 aliphatic rings. The first-order valence-corrected chi connectivity index (χ1v) is 11.1. The van der Waals surface area contributed by atoms with Crippen molar-refractivity contribution in [3.63, 3.8) is 0 Å². The number of rotatable bonds is 4. The van der Waals surface area contributed by atoms with Gasteiger partial charge in [-0.2, -0.15) is 4.31 Å². The number of hydrogen-bond donors (Lipinski definition) is 0. The number of hydrogen-bond acceptors (Lipinski definition) is 7. The molecule has 0 bridgehead atoms. The molecule has 3 heterocycles. The number of piperazine rings is 1. The molecule has 0 atom stereocenters. The number of anilines is 1. The van der Waals surface area contributed by atoms with Gasteiger partial charge in [0.1, 0.15) is 21.4 Å². The third-order valence-corrected chi connectivity index (χ3v) is 8.03. The lowest BCUT2D eigenvalue weighted by atomic mass is 10.2. The highest BCUT2D eigenvalue weighted by Crippen LogP contribution is 2.38. The molecular formula is C19H18FN3O4S2. The minimum absolute atomic E-state index is 0.0648. The Morgan fingerprint density at radius 2 is 1.90 bits per heavy atom. The van der Waals surface area contributed by atoms with E-state index < -0.39 is 21.8 Å². The van der Waals surface area contributed by atoms with Gasteiger partial charge in [0.2, 0.25) is 10.0 Å². The first-order valence-electron chi connectivity index (χ1n) is 8.89. The van der Waals surface area contributed by atoms with E-state index in [9.17, 15) is 17.6 Å². The summed E-state index contributed by atoms with van der Waals surface area (Å²) in [6.07, 6.45) is 1.68. The number of pyridine rings is 1. The second-order valence-electron chi connectivity index (χ2n) is 6.44. The molecule has 1 saturated heterocycles. The van der Waals surface area contributed by atoms with Crippen molar-refractivity contribution >= 4 is 43.2 Å². The number of benzene rings is 1. The van der Waals surface area contributed by atoms with E-state index >= 15 is 0 Å². The molecule has 0 unspecified atom stereocenters. The van der Waals surface area contributed by atoms with Gasteiger partial charge in [0.25, 0.3) is 0 Å². The van der Waals surface area contributed by atoms with Crippen LogP contribution in [-0.2, 0) is 14.8 Å². The lowest BCUT2D eigenvalue weighted by molar-refractivity contribution is 0.0602. The van der Waals surface area contributed by atoms with E-state index in [0.717, 1.165) is 17.2 Å². The normalized spacial score (nSPS) is 15.6. The van der Waals surface area contributed by atoms with Crippen LogP contribution in [0.3, 0.4) is 0 Å². The molecule has 1 aromatic carbocycles. The van der Waals surface area contributed by atoms with E-state index in [4.69, 9.17) is 4.74 Å². The molecule has 0 saturated carbocycles. The first kappa shape index (κ1) is 19.7. The van der Waals surface area contributed by atoms with Crippen molar-refractivity contribution in [2.24, 2.45) is 0 Å². The van der Waals surface area contributed by atoms with Crippen LogP contribution in [0.1, 0.15) is 9.67 Å². The summed E-state index contributed by atoms with van der Waals surface area (Å²) in [5.41, 5.74) is 0. The molecule has 152 valence electrons. The van der Waals surface area contributed by atoms with Crippen LogP contribution in [0, 0.1) is 5.82 Å². The lowest BCUT2D eigenvalue weighted by Gasteiger charge is -2.34. The molecule has 0 N–H and O–H groups in total. The summed E-state index contributed by atoms with van der Waals surface area (Å²) in [5, 5.41) is -0.0648. The number of carbonyl (C=O) groups excluding carboxylic acids is 1. The SMILES string of the molecule is COC(=O)c1sc2cccc(F)c2c1S(=O)(=O)N1CCN(c2ccccn2)CC1. The number of carbonyl (C=O) groups is 1. The van der Waals surface area contributed by atoms with Crippen molar-refractivity contribution in [2.45, 2.75) is 4.90 Å². The number of fused-ring (bicyclic) bond motifs is 1. The average molecular weight is 436 g/mol. The Bertz CT molecular complexity index is 1160. The van der Waals surface area contributed by atoms with Crippen molar-refractivity contribution in [2.75, 3.05) is 38.2 Å². The lowest BCUT2D eigenvalue weighted by Crippen LogP contribution is -2.49. The third kappa shape index (κ3) is 3.47. The number of nitrogens with zero attached hydrogens (tertiary/aromatic N) is 3. The van der Waals surface area contributed by atoms with Crippen LogP contribution in [0.2, 0.25) is 0 Å². The molecule has 7 nitrogen and oxygen atoms in total. The van der Waals surface area contributed by atoms with Gasteiger partial charge in [0.05, 0.1) is 7.11 Å². The van der Waals surface area contributed by atoms with Crippen LogP contribution >= 0.6 is 11.3 Å². The highest BCUT2D eigenvalue weighted by Gasteiger charge is 2.36. The van der Waals surface area contributed by atoms with Gasteiger partial charge in [-0.3, -0.25) is 0 Å². The Labute approximate surface area is 171 Å². The van der Waals surface area contributed by atoms with Crippen molar-refractivity contribution in [3.8, 4) is 0 Å². The summed E-state index contributed by atoms with van der Waals surface area (Å²) in [4.78, 5) is 18.1. The third-order valence-electron chi connectivity index (χ3n) is 4.80. The Morgan fingerprint density at radius 1 is 1.14 bits per heavy atom. The van der Waals surface area contributed by atoms with Crippen molar-refractivity contribution in [1.29, 1.82) is 0 Å². The Kier molecular flexibility index (Phi) is 5.24. The van der Waals surface area contributed by atoms with E-state index in [0.29, 0.717) is 17.8 Å². The fourth-order valence-electron chi connectivity index (χ4n) is 3.38. The summed E-state index contributed by atoms with van der Waals surface area (Å²) in [6, 6.07) is 9.81. The zero-order valence-corrected chi connectivity index (χ0v) is 17.2. The largest absolute Gasteiger partial charge is 0.465 e. The predicted molar refractivity (Wildman–Crippen MR) is 108 cm³/mol. The first-order chi connectivity index (χ1) is 13.9. The number of sulfonamides is 1. The zero-order chi connectivity index (χ0) is 20.6. The number of ether oxygens (including phenoxy) is 1. The second kappa shape index (κ2) is 7.69. The number of methoxy groups -OCH3 is 1. The molecule has 10 heteroatoms. The van der Waals surface area contributed by atoms with Crippen molar-refractivity contribution in [1.82, 2.24) is 9.29 Å². The van der Waals surface area contributed by atoms with E-state index in [1.807, 2.05) is 23.1 Å². The molecule has 3 aromatic rings. The van der Waals surface area contributed by atoms with E-state index in [2.05, 4.69) is 4.98 Å². The Morgan fingerprint density at radius 3 is 2.55 bits per heavy atom. The maximum absolute atomic E-state index is 14.6. The average Bonchev–Trinajstić information content (AvgIpc) is 3.16. The summed E-state index contributed by atoms with van der Waals surface area (Å²) in [7, 11) is -2.93. The summed E-state index contributed by atoms with van der Waals surface area (Å²) in [5.74, 6) is -0.706. The van der Waals surface area contributed by atoms with Crippen LogP contribution in [0.4, 0.5) is 10.2 Å². The molecule has 2 aromatic heterocycles. The van der Waals surface area contributed by atoms with Gasteiger partial charge < -0.3 is 9.64 Å². The van der Waals surface area contributed by atoms with Gasteiger partial charge in [0, 0.05) is 42.5 Å². The van der Waals surface area contributed by atoms with Gasteiger partial charge in [-0.1, -0.05) is 12.1 Å². The van der Waals surface area contributed by atoms with Gasteiger partial charge in [-0.05, 0) is 24.3 Å². The molecule has 0 radical (unpaired) electrons. The van der Waals surface area contributed by atoms with Crippen molar-refractivity contribution in [3.05, 3.63) is 53.3 Å². The van der Waals surface area contributed by atoms with E-state index in [1.54, 1.807) is 12.3 Å². The molecule has 29 heavy (non-hydrogen) atoms. The number of thiophene rings is 1. The summed E-state index contributed by atoms with van der Waals surface area (Å²) >= 11 is 0.918. The second-order valence-corrected chi connectivity index (χ2v) is 9.37. The molecule has 1 fully saturated rings. The number of aromatic nitrogens is 1. The van der Waals surface area contributed by atoms with Crippen LogP contribution in [0.5, 0.6) is 0 Å². The number of halogens is 1. The molecule has 1 aliphatic heterocycles. The smallest absolute Gasteiger partial charge is 0.349 e. The molecule has 4 rings (SSSR count). The minimum atomic E-state index is -4.10. The Hall–Kier alpha value is -2.56. The van der Waals surface area contributed by atoms with E-state index in [1.165, 1.54) is 23.5 Å². The zero-order valence-electron chi connectivity index (χ0n) is 15.5. The molecule has 0 aliphatic carbocycles. The monoisotopic (exact) mass is 435 g/mol. The summed E-state index contributed by atoms with van der Waals surface area (Å²) in [6.45, 7) is 1.28. The predicted octanol–water partition coefficient (Wildman–Crippen LogP) is 2.73. The Balaban J connectivity index is 1.71. The van der Waals surface area contributed by atoms with Gasteiger partial charge in [-0.25, -0.2) is 22.6 Å². The van der Waals surface area contributed by atoms with Crippen LogP contribution < -0.4 is 4.90 Å². The molecule has 0 spiro atoms. The fourth-order valence-corrected chi connectivity index (χ4v) is 6.60. The highest BCUT2D eigenvalue weighted by molar-refractivity contribution is 7.89. The maximum Gasteiger partial charge on any atom is 0.349 e. The van der Waals surface area contributed by atoms with Gasteiger partial charge in [-0.15, -0.1) is 11.3 Å². The number of esters is 1. The minimum Gasteiger partial charge on any atom is -0.465 e. The van der Waals surface area contributed by atoms with Gasteiger partial charge >= 0.3 is 5.97 Å².